The predicted octanol–water partition coefficient (Wildman–Crippen LogP) is 5.96. The third-order valence-electron chi connectivity index (χ3n) is 5.97. The molecule has 0 N–H and O–H groups in total. The third kappa shape index (κ3) is 1.74. The van der Waals surface area contributed by atoms with Crippen LogP contribution in [0.3, 0.4) is 0 Å². The van der Waals surface area contributed by atoms with E-state index in [0.29, 0.717) is 6.04 Å². The van der Waals surface area contributed by atoms with Crippen LogP contribution >= 0.6 is 11.3 Å². The van der Waals surface area contributed by atoms with Crippen LogP contribution in [0.5, 0.6) is 0 Å². The molecule has 0 radical (unpaired) electrons. The van der Waals surface area contributed by atoms with E-state index < -0.39 is 0 Å². The summed E-state index contributed by atoms with van der Waals surface area (Å²) < 4.78 is 1.35. The smallest absolute Gasteiger partial charge is 0.0869 e. The van der Waals surface area contributed by atoms with E-state index in [0.717, 1.165) is 0 Å². The van der Waals surface area contributed by atoms with E-state index in [4.69, 9.17) is 4.98 Å². The van der Waals surface area contributed by atoms with E-state index in [1.165, 1.54) is 57.6 Å². The molecule has 0 saturated heterocycles. The van der Waals surface area contributed by atoms with Gasteiger partial charge in [0.05, 0.1) is 21.8 Å². The van der Waals surface area contributed by atoms with Crippen molar-refractivity contribution in [3.05, 3.63) is 58.6 Å². The predicted molar refractivity (Wildman–Crippen MR) is 102 cm³/mol. The number of nitrogens with zero attached hydrogens (tertiary/aromatic N) is 2. The molecule has 0 bridgehead atoms. The minimum Gasteiger partial charge on any atom is -0.354 e. The first-order chi connectivity index (χ1) is 11.7. The minimum atomic E-state index is 0.146. The zero-order valence-electron chi connectivity index (χ0n) is 14.2. The van der Waals surface area contributed by atoms with E-state index in [1.54, 1.807) is 0 Å². The number of hydrogen-bond acceptors (Lipinski definition) is 3. The minimum absolute atomic E-state index is 0.146. The maximum Gasteiger partial charge on any atom is 0.0869 e. The van der Waals surface area contributed by atoms with Crippen molar-refractivity contribution in [1.29, 1.82) is 0 Å². The van der Waals surface area contributed by atoms with Gasteiger partial charge in [-0.3, -0.25) is 4.98 Å². The summed E-state index contributed by atoms with van der Waals surface area (Å²) in [7, 11) is 0. The van der Waals surface area contributed by atoms with E-state index in [-0.39, 0.29) is 5.54 Å². The molecular formula is C21H22N2S. The van der Waals surface area contributed by atoms with Gasteiger partial charge in [-0.15, -0.1) is 11.3 Å². The number of rotatable bonds is 1. The molecule has 1 aliphatic heterocycles. The SMILES string of the molecule is Cc1ccccc1N1[C@@H](C)c2sc3cccnc3c2C12CCCC2. The molecule has 1 fully saturated rings. The van der Waals surface area contributed by atoms with Crippen LogP contribution in [0.15, 0.2) is 42.6 Å². The quantitative estimate of drug-likeness (QED) is 0.546. The Hall–Kier alpha value is -1.87. The molecule has 3 aromatic rings. The largest absolute Gasteiger partial charge is 0.354 e. The molecule has 1 atom stereocenters. The van der Waals surface area contributed by atoms with E-state index in [9.17, 15) is 0 Å². The molecule has 122 valence electrons. The van der Waals surface area contributed by atoms with Gasteiger partial charge >= 0.3 is 0 Å². The topological polar surface area (TPSA) is 16.1 Å². The fraction of sp³-hybridized carbons (Fsp3) is 0.381. The van der Waals surface area contributed by atoms with Crippen LogP contribution in [0, 0.1) is 6.92 Å². The summed E-state index contributed by atoms with van der Waals surface area (Å²) in [6.45, 7) is 4.63. The first kappa shape index (κ1) is 14.5. The van der Waals surface area contributed by atoms with Crippen molar-refractivity contribution in [2.24, 2.45) is 0 Å². The molecule has 2 nitrogen and oxygen atoms in total. The van der Waals surface area contributed by atoms with Gasteiger partial charge in [-0.2, -0.15) is 0 Å². The molecule has 1 aliphatic carbocycles. The molecule has 0 amide bonds. The van der Waals surface area contributed by atoms with Crippen molar-refractivity contribution in [3.63, 3.8) is 0 Å². The van der Waals surface area contributed by atoms with Gasteiger partial charge < -0.3 is 4.90 Å². The first-order valence-corrected chi connectivity index (χ1v) is 9.77. The lowest BCUT2D eigenvalue weighted by atomic mass is 9.88. The van der Waals surface area contributed by atoms with Crippen molar-refractivity contribution in [3.8, 4) is 0 Å². The molecule has 3 heterocycles. The fourth-order valence-electron chi connectivity index (χ4n) is 5.02. The summed E-state index contributed by atoms with van der Waals surface area (Å²) >= 11 is 1.96. The van der Waals surface area contributed by atoms with Crippen LogP contribution in [-0.2, 0) is 5.54 Å². The Morgan fingerprint density at radius 1 is 1.12 bits per heavy atom. The van der Waals surface area contributed by atoms with E-state index >= 15 is 0 Å². The van der Waals surface area contributed by atoms with Crippen molar-refractivity contribution in [1.82, 2.24) is 4.98 Å². The molecule has 1 spiro atoms. The summed E-state index contributed by atoms with van der Waals surface area (Å²) in [6, 6.07) is 13.6. The molecule has 0 unspecified atom stereocenters. The highest BCUT2D eigenvalue weighted by atomic mass is 32.1. The number of aryl methyl sites for hydroxylation is 1. The number of fused-ring (bicyclic) bond motifs is 4. The highest BCUT2D eigenvalue weighted by Gasteiger charge is 2.52. The average Bonchev–Trinajstić information content (AvgIpc) is 3.26. The van der Waals surface area contributed by atoms with Crippen molar-refractivity contribution < 1.29 is 0 Å². The van der Waals surface area contributed by atoms with Crippen molar-refractivity contribution in [2.45, 2.75) is 51.1 Å². The number of para-hydroxylation sites is 1. The van der Waals surface area contributed by atoms with Crippen LogP contribution in [0.1, 0.15) is 54.7 Å². The zero-order chi connectivity index (χ0) is 16.3. The summed E-state index contributed by atoms with van der Waals surface area (Å²) in [6.07, 6.45) is 7.10. The summed E-state index contributed by atoms with van der Waals surface area (Å²) in [5, 5.41) is 0. The van der Waals surface area contributed by atoms with Gasteiger partial charge in [0.1, 0.15) is 0 Å². The maximum absolute atomic E-state index is 4.80. The Morgan fingerprint density at radius 3 is 2.71 bits per heavy atom. The highest BCUT2D eigenvalue weighted by molar-refractivity contribution is 7.19. The molecular weight excluding hydrogens is 312 g/mol. The second-order valence-corrected chi connectivity index (χ2v) is 8.35. The lowest BCUT2D eigenvalue weighted by Crippen LogP contribution is -2.40. The number of pyridine rings is 1. The molecule has 5 rings (SSSR count). The summed E-state index contributed by atoms with van der Waals surface area (Å²) in [5.41, 5.74) is 5.72. The second kappa shape index (κ2) is 5.06. The molecule has 2 aromatic heterocycles. The fourth-order valence-corrected chi connectivity index (χ4v) is 6.32. The number of benzene rings is 1. The number of aromatic nitrogens is 1. The van der Waals surface area contributed by atoms with Gasteiger partial charge in [0.15, 0.2) is 0 Å². The van der Waals surface area contributed by atoms with E-state index in [1.807, 2.05) is 17.5 Å². The summed E-state index contributed by atoms with van der Waals surface area (Å²) in [4.78, 5) is 9.06. The lowest BCUT2D eigenvalue weighted by molar-refractivity contribution is 0.418. The van der Waals surface area contributed by atoms with Crippen LogP contribution in [0.25, 0.3) is 10.2 Å². The lowest BCUT2D eigenvalue weighted by Gasteiger charge is -2.41. The average molecular weight is 334 g/mol. The monoisotopic (exact) mass is 334 g/mol. The molecule has 3 heteroatoms. The zero-order valence-corrected chi connectivity index (χ0v) is 15.1. The van der Waals surface area contributed by atoms with Crippen LogP contribution in [0.4, 0.5) is 5.69 Å². The molecule has 2 aliphatic rings. The van der Waals surface area contributed by atoms with Crippen molar-refractivity contribution in [2.75, 3.05) is 4.90 Å². The van der Waals surface area contributed by atoms with Gasteiger partial charge in [-0.25, -0.2) is 0 Å². The van der Waals surface area contributed by atoms with Gasteiger partial charge in [0.25, 0.3) is 0 Å². The highest BCUT2D eigenvalue weighted by Crippen LogP contribution is 2.60. The molecule has 1 aromatic carbocycles. The normalized spacial score (nSPS) is 21.8. The Balaban J connectivity index is 1.80. The Kier molecular flexibility index (Phi) is 3.05. The van der Waals surface area contributed by atoms with Crippen molar-refractivity contribution >= 4 is 27.2 Å². The third-order valence-corrected chi connectivity index (χ3v) is 7.29. The number of hydrogen-bond donors (Lipinski definition) is 0. The molecule has 1 saturated carbocycles. The standard InChI is InChI=1S/C21H22N2S/c1-14-8-3-4-9-16(14)23-15(2)20-18(21(23)11-5-6-12-21)19-17(24-20)10-7-13-22-19/h3-4,7-10,13,15H,5-6,11-12H2,1-2H3/t15-/m0/s1. The second-order valence-electron chi connectivity index (χ2n) is 7.26. The van der Waals surface area contributed by atoms with Gasteiger partial charge in [0, 0.05) is 22.3 Å². The van der Waals surface area contributed by atoms with Crippen LogP contribution < -0.4 is 4.90 Å². The first-order valence-electron chi connectivity index (χ1n) is 8.95. The Bertz CT molecular complexity index is 920. The Morgan fingerprint density at radius 2 is 1.92 bits per heavy atom. The van der Waals surface area contributed by atoms with Gasteiger partial charge in [0.2, 0.25) is 0 Å². The maximum atomic E-state index is 4.80. The molecule has 24 heavy (non-hydrogen) atoms. The van der Waals surface area contributed by atoms with Crippen LogP contribution in [0.2, 0.25) is 0 Å². The van der Waals surface area contributed by atoms with E-state index in [2.05, 4.69) is 55.1 Å². The number of anilines is 1. The Labute approximate surface area is 147 Å². The van der Waals surface area contributed by atoms with Crippen LogP contribution in [-0.4, -0.2) is 4.98 Å². The number of thiophene rings is 1. The van der Waals surface area contributed by atoms with Gasteiger partial charge in [-0.05, 0) is 50.5 Å². The van der Waals surface area contributed by atoms with Gasteiger partial charge in [-0.1, -0.05) is 31.0 Å². The summed E-state index contributed by atoms with van der Waals surface area (Å²) in [5.74, 6) is 0.